The van der Waals surface area contributed by atoms with Gasteiger partial charge in [-0.1, -0.05) is 26.2 Å². The molecule has 0 spiro atoms. The number of hydroxylamine groups is 1. The van der Waals surface area contributed by atoms with Gasteiger partial charge in [-0.15, -0.1) is 0 Å². The Hall–Kier alpha value is -3.33. The third kappa shape index (κ3) is 7.64. The Kier molecular flexibility index (Phi) is 9.31. The molecule has 9 nitrogen and oxygen atoms in total. The lowest BCUT2D eigenvalue weighted by Crippen LogP contribution is -2.17. The fourth-order valence-electron chi connectivity index (χ4n) is 3.60. The number of H-pyrrole nitrogens is 1. The van der Waals surface area contributed by atoms with Crippen LogP contribution in [0.3, 0.4) is 0 Å². The van der Waals surface area contributed by atoms with Gasteiger partial charge in [0.15, 0.2) is 0 Å². The van der Waals surface area contributed by atoms with Crippen LogP contribution in [0.4, 0.5) is 17.5 Å². The fraction of sp³-hybridized carbons (Fsp3) is 0.458. The van der Waals surface area contributed by atoms with E-state index < -0.39 is 0 Å². The molecule has 5 N–H and O–H groups in total. The standard InChI is InChI=1S/C24H34N6O3/c1-3-8-17(2)26-23-20-14-15-25-22(20)28-24(29-23)27-18-10-12-19(13-11-18)33-16-7-5-4-6-9-21(31)30-32/h10-15,17,32H,3-9,16H2,1-2H3,(H,30,31)(H3,25,26,27,28,29). The minimum atomic E-state index is -0.336. The average molecular weight is 455 g/mol. The van der Waals surface area contributed by atoms with Crippen LogP contribution in [0.2, 0.25) is 0 Å². The van der Waals surface area contributed by atoms with Crippen molar-refractivity contribution in [1.82, 2.24) is 20.4 Å². The van der Waals surface area contributed by atoms with E-state index >= 15 is 0 Å². The first-order valence-electron chi connectivity index (χ1n) is 11.6. The Morgan fingerprint density at radius 2 is 1.91 bits per heavy atom. The summed E-state index contributed by atoms with van der Waals surface area (Å²) >= 11 is 0. The van der Waals surface area contributed by atoms with E-state index in [4.69, 9.17) is 14.9 Å². The summed E-state index contributed by atoms with van der Waals surface area (Å²) in [6.45, 7) is 4.95. The van der Waals surface area contributed by atoms with Crippen molar-refractivity contribution < 1.29 is 14.7 Å². The number of carbonyl (C=O) groups is 1. The molecule has 2 aromatic heterocycles. The van der Waals surface area contributed by atoms with E-state index in [1.54, 1.807) is 5.48 Å². The van der Waals surface area contributed by atoms with Gasteiger partial charge in [0.1, 0.15) is 17.2 Å². The number of fused-ring (bicyclic) bond motifs is 1. The lowest BCUT2D eigenvalue weighted by molar-refractivity contribution is -0.129. The molecule has 0 saturated heterocycles. The minimum Gasteiger partial charge on any atom is -0.494 e. The van der Waals surface area contributed by atoms with Crippen molar-refractivity contribution in [3.63, 3.8) is 0 Å². The van der Waals surface area contributed by atoms with Crippen molar-refractivity contribution in [2.24, 2.45) is 0 Å². The summed E-state index contributed by atoms with van der Waals surface area (Å²) in [5.41, 5.74) is 3.31. The SMILES string of the molecule is CCCC(C)Nc1nc(Nc2ccc(OCCCCCCC(=O)NO)cc2)nc2[nH]ccc12. The van der Waals surface area contributed by atoms with E-state index in [0.717, 1.165) is 66.8 Å². The highest BCUT2D eigenvalue weighted by Gasteiger charge is 2.11. The van der Waals surface area contributed by atoms with Crippen LogP contribution in [-0.2, 0) is 4.79 Å². The van der Waals surface area contributed by atoms with Crippen LogP contribution in [0, 0.1) is 0 Å². The molecule has 0 bridgehead atoms. The number of nitrogens with zero attached hydrogens (tertiary/aromatic N) is 2. The summed E-state index contributed by atoms with van der Waals surface area (Å²) in [4.78, 5) is 23.4. The number of anilines is 3. The molecule has 3 aromatic rings. The quantitative estimate of drug-likeness (QED) is 0.130. The number of hydrogen-bond donors (Lipinski definition) is 5. The zero-order valence-corrected chi connectivity index (χ0v) is 19.4. The predicted octanol–water partition coefficient (Wildman–Crippen LogP) is 5.14. The number of amides is 1. The second-order valence-corrected chi connectivity index (χ2v) is 8.17. The van der Waals surface area contributed by atoms with Crippen LogP contribution >= 0.6 is 0 Å². The highest BCUT2D eigenvalue weighted by molar-refractivity contribution is 5.88. The largest absolute Gasteiger partial charge is 0.494 e. The van der Waals surface area contributed by atoms with Crippen molar-refractivity contribution in [2.45, 2.75) is 64.8 Å². The maximum atomic E-state index is 11.0. The number of benzene rings is 1. The van der Waals surface area contributed by atoms with E-state index in [-0.39, 0.29) is 5.91 Å². The van der Waals surface area contributed by atoms with Crippen LogP contribution in [0.1, 0.15) is 58.8 Å². The van der Waals surface area contributed by atoms with Crippen molar-refractivity contribution in [2.75, 3.05) is 17.2 Å². The van der Waals surface area contributed by atoms with E-state index in [1.165, 1.54) is 0 Å². The third-order valence-corrected chi connectivity index (χ3v) is 5.32. The molecule has 0 aliphatic heterocycles. The molecule has 178 valence electrons. The molecule has 1 atom stereocenters. The summed E-state index contributed by atoms with van der Waals surface area (Å²) in [5.74, 6) is 1.81. The third-order valence-electron chi connectivity index (χ3n) is 5.32. The Balaban J connectivity index is 1.50. The molecule has 1 amide bonds. The summed E-state index contributed by atoms with van der Waals surface area (Å²) in [6.07, 6.45) is 7.98. The van der Waals surface area contributed by atoms with Gasteiger partial charge >= 0.3 is 0 Å². The first-order valence-corrected chi connectivity index (χ1v) is 11.6. The van der Waals surface area contributed by atoms with Crippen molar-refractivity contribution in [3.05, 3.63) is 36.5 Å². The maximum Gasteiger partial charge on any atom is 0.243 e. The average Bonchev–Trinajstić information content (AvgIpc) is 3.28. The molecule has 9 heteroatoms. The fourth-order valence-corrected chi connectivity index (χ4v) is 3.60. The first-order chi connectivity index (χ1) is 16.1. The van der Waals surface area contributed by atoms with Crippen molar-refractivity contribution in [1.29, 1.82) is 0 Å². The molecule has 0 radical (unpaired) electrons. The lowest BCUT2D eigenvalue weighted by Gasteiger charge is -2.15. The normalized spacial score (nSPS) is 11.8. The van der Waals surface area contributed by atoms with E-state index in [1.807, 2.05) is 36.5 Å². The number of carbonyl (C=O) groups excluding carboxylic acids is 1. The zero-order valence-electron chi connectivity index (χ0n) is 19.4. The molecule has 2 heterocycles. The molecule has 33 heavy (non-hydrogen) atoms. The van der Waals surface area contributed by atoms with Gasteiger partial charge in [-0.25, -0.2) is 5.48 Å². The zero-order chi connectivity index (χ0) is 23.5. The van der Waals surface area contributed by atoms with E-state index in [9.17, 15) is 4.79 Å². The van der Waals surface area contributed by atoms with Gasteiger partial charge in [-0.2, -0.15) is 9.97 Å². The van der Waals surface area contributed by atoms with Gasteiger partial charge in [0, 0.05) is 24.3 Å². The summed E-state index contributed by atoms with van der Waals surface area (Å²) in [5, 5.41) is 16.2. The number of rotatable bonds is 14. The smallest absolute Gasteiger partial charge is 0.243 e. The van der Waals surface area contributed by atoms with Crippen molar-refractivity contribution >= 4 is 34.4 Å². The molecule has 3 rings (SSSR count). The van der Waals surface area contributed by atoms with Crippen LogP contribution < -0.4 is 20.9 Å². The van der Waals surface area contributed by atoms with Gasteiger partial charge in [0.2, 0.25) is 11.9 Å². The predicted molar refractivity (Wildman–Crippen MR) is 130 cm³/mol. The van der Waals surface area contributed by atoms with Gasteiger partial charge < -0.3 is 20.4 Å². The van der Waals surface area contributed by atoms with E-state index in [2.05, 4.69) is 34.4 Å². The van der Waals surface area contributed by atoms with Gasteiger partial charge in [0.25, 0.3) is 0 Å². The Labute approximate surface area is 194 Å². The number of hydrogen-bond acceptors (Lipinski definition) is 7. The topological polar surface area (TPSA) is 124 Å². The Bertz CT molecular complexity index is 1010. The number of unbranched alkanes of at least 4 members (excludes halogenated alkanes) is 3. The van der Waals surface area contributed by atoms with Crippen LogP contribution in [0.5, 0.6) is 5.75 Å². The minimum absolute atomic E-state index is 0.326. The molecule has 0 aliphatic rings. The molecular formula is C24H34N6O3. The number of nitrogens with one attached hydrogen (secondary N) is 4. The van der Waals surface area contributed by atoms with Gasteiger partial charge in [-0.05, 0) is 56.5 Å². The first kappa shape index (κ1) is 24.3. The highest BCUT2D eigenvalue weighted by atomic mass is 16.5. The molecule has 1 aromatic carbocycles. The molecule has 0 saturated carbocycles. The van der Waals surface area contributed by atoms with Crippen molar-refractivity contribution in [3.8, 4) is 5.75 Å². The second-order valence-electron chi connectivity index (χ2n) is 8.17. The molecule has 1 unspecified atom stereocenters. The monoisotopic (exact) mass is 454 g/mol. The lowest BCUT2D eigenvalue weighted by atomic mass is 10.1. The van der Waals surface area contributed by atoms with Gasteiger partial charge in [-0.3, -0.25) is 10.0 Å². The molecule has 0 fully saturated rings. The van der Waals surface area contributed by atoms with Crippen LogP contribution in [0.25, 0.3) is 11.0 Å². The highest BCUT2D eigenvalue weighted by Crippen LogP contribution is 2.25. The Morgan fingerprint density at radius 1 is 1.12 bits per heavy atom. The van der Waals surface area contributed by atoms with Crippen LogP contribution in [-0.4, -0.2) is 38.7 Å². The molecule has 0 aliphatic carbocycles. The number of ether oxygens (including phenoxy) is 1. The van der Waals surface area contributed by atoms with Crippen LogP contribution in [0.15, 0.2) is 36.5 Å². The summed E-state index contributed by atoms with van der Waals surface area (Å²) in [6, 6.07) is 10.0. The maximum absolute atomic E-state index is 11.0. The van der Waals surface area contributed by atoms with Gasteiger partial charge in [0.05, 0.1) is 12.0 Å². The number of aromatic amines is 1. The summed E-state index contributed by atoms with van der Waals surface area (Å²) in [7, 11) is 0. The Morgan fingerprint density at radius 3 is 2.67 bits per heavy atom. The number of aromatic nitrogens is 3. The molecular weight excluding hydrogens is 420 g/mol. The second kappa shape index (κ2) is 12.6. The van der Waals surface area contributed by atoms with E-state index in [0.29, 0.717) is 25.0 Å². The summed E-state index contributed by atoms with van der Waals surface area (Å²) < 4.78 is 5.80.